The number of nitrogens with zero attached hydrogens (tertiary/aromatic N) is 1. The van der Waals surface area contributed by atoms with E-state index in [1.54, 1.807) is 0 Å². The Hall–Kier alpha value is -0.940. The smallest absolute Gasteiger partial charge is 0.204 e. The van der Waals surface area contributed by atoms with Crippen LogP contribution in [-0.4, -0.2) is 69.5 Å². The van der Waals surface area contributed by atoms with Crippen LogP contribution < -0.4 is 10.9 Å². The number of hydrogen-bond acceptors (Lipinski definition) is 9. The Bertz CT molecular complexity index is 396. The van der Waals surface area contributed by atoms with Crippen molar-refractivity contribution < 1.29 is 28.5 Å². The number of hydrazine groups is 2. The Morgan fingerprint density at radius 1 is 1.05 bits per heavy atom. The lowest BCUT2D eigenvalue weighted by Gasteiger charge is -2.32. The molecule has 3 saturated heterocycles. The summed E-state index contributed by atoms with van der Waals surface area (Å²) in [4.78, 5) is 5.54. The number of hydrogen-bond donors (Lipinski definition) is 2. The summed E-state index contributed by atoms with van der Waals surface area (Å²) in [6.07, 6.45) is 2.04. The van der Waals surface area contributed by atoms with Crippen LogP contribution in [0.15, 0.2) is 12.0 Å². The highest BCUT2D eigenvalue weighted by molar-refractivity contribution is 4.97. The SMILES string of the molecule is C1=C(OCC2CO2)NN(OCC2CO2)NC1OCC1CO1. The molecule has 2 N–H and O–H groups in total. The minimum atomic E-state index is -0.342. The summed E-state index contributed by atoms with van der Waals surface area (Å²) in [7, 11) is 0. The highest BCUT2D eigenvalue weighted by Gasteiger charge is 2.30. The zero-order chi connectivity index (χ0) is 14.1. The van der Waals surface area contributed by atoms with Crippen molar-refractivity contribution in [1.82, 2.24) is 16.1 Å². The van der Waals surface area contributed by atoms with E-state index >= 15 is 0 Å². The molecule has 4 aliphatic heterocycles. The lowest BCUT2D eigenvalue weighted by molar-refractivity contribution is -0.261. The molecular weight excluding hydrogens is 282 g/mol. The van der Waals surface area contributed by atoms with Gasteiger partial charge >= 0.3 is 0 Å². The van der Waals surface area contributed by atoms with Crippen LogP contribution in [0.1, 0.15) is 0 Å². The highest BCUT2D eigenvalue weighted by Crippen LogP contribution is 2.15. The number of nitrogens with one attached hydrogen (secondary N) is 2. The molecule has 4 unspecified atom stereocenters. The minimum absolute atomic E-state index is 0.169. The second kappa shape index (κ2) is 6.05. The molecule has 118 valence electrons. The fourth-order valence-corrected chi connectivity index (χ4v) is 1.74. The van der Waals surface area contributed by atoms with Gasteiger partial charge in [-0.3, -0.25) is 10.3 Å². The quantitative estimate of drug-likeness (QED) is 0.501. The summed E-state index contributed by atoms with van der Waals surface area (Å²) < 4.78 is 26.7. The molecule has 4 heterocycles. The second-order valence-electron chi connectivity index (χ2n) is 5.29. The molecule has 0 radical (unpaired) electrons. The van der Waals surface area contributed by atoms with E-state index in [4.69, 9.17) is 28.5 Å². The topological polar surface area (TPSA) is 92.6 Å². The monoisotopic (exact) mass is 301 g/mol. The van der Waals surface area contributed by atoms with Gasteiger partial charge < -0.3 is 23.7 Å². The lowest BCUT2D eigenvalue weighted by Crippen LogP contribution is -2.56. The molecular formula is C12H19N3O6. The first-order valence-corrected chi connectivity index (χ1v) is 7.12. The van der Waals surface area contributed by atoms with Gasteiger partial charge in [0.25, 0.3) is 0 Å². The molecule has 0 aliphatic carbocycles. The molecule has 0 aromatic heterocycles. The Labute approximate surface area is 121 Å². The van der Waals surface area contributed by atoms with Crippen LogP contribution in [0, 0.1) is 0 Å². The van der Waals surface area contributed by atoms with Gasteiger partial charge in [0.2, 0.25) is 5.88 Å². The van der Waals surface area contributed by atoms with E-state index in [0.29, 0.717) is 25.7 Å². The summed E-state index contributed by atoms with van der Waals surface area (Å²) in [5.74, 6) is 0.572. The average Bonchev–Trinajstić information content (AvgIpc) is 3.38. The van der Waals surface area contributed by atoms with E-state index in [9.17, 15) is 0 Å². The lowest BCUT2D eigenvalue weighted by atomic mass is 10.4. The van der Waals surface area contributed by atoms with E-state index in [2.05, 4.69) is 10.9 Å². The van der Waals surface area contributed by atoms with Crippen LogP contribution in [0.2, 0.25) is 0 Å². The minimum Gasteiger partial charge on any atom is -0.475 e. The Morgan fingerprint density at radius 3 is 2.43 bits per heavy atom. The van der Waals surface area contributed by atoms with Gasteiger partial charge in [-0.1, -0.05) is 0 Å². The largest absolute Gasteiger partial charge is 0.475 e. The third-order valence-electron chi connectivity index (χ3n) is 3.24. The molecule has 0 spiro atoms. The maximum atomic E-state index is 5.70. The summed E-state index contributed by atoms with van der Waals surface area (Å²) in [6, 6.07) is 0. The zero-order valence-electron chi connectivity index (χ0n) is 11.5. The summed E-state index contributed by atoms with van der Waals surface area (Å²) in [6.45, 7) is 3.77. The van der Waals surface area contributed by atoms with E-state index in [-0.39, 0.29) is 24.5 Å². The Kier molecular flexibility index (Phi) is 3.95. The maximum absolute atomic E-state index is 5.70. The van der Waals surface area contributed by atoms with Crippen LogP contribution in [0.25, 0.3) is 0 Å². The van der Waals surface area contributed by atoms with E-state index in [1.165, 1.54) is 5.28 Å². The molecule has 0 amide bonds. The molecule has 21 heavy (non-hydrogen) atoms. The molecule has 0 saturated carbocycles. The fourth-order valence-electron chi connectivity index (χ4n) is 1.74. The maximum Gasteiger partial charge on any atom is 0.204 e. The third-order valence-corrected chi connectivity index (χ3v) is 3.24. The number of ether oxygens (including phenoxy) is 5. The van der Waals surface area contributed by atoms with Gasteiger partial charge in [0.05, 0.1) is 26.4 Å². The van der Waals surface area contributed by atoms with Gasteiger partial charge in [-0.2, -0.15) is 5.43 Å². The first-order chi connectivity index (χ1) is 10.3. The van der Waals surface area contributed by atoms with Crippen LogP contribution in [0.4, 0.5) is 0 Å². The summed E-state index contributed by atoms with van der Waals surface area (Å²) >= 11 is 0. The molecule has 3 fully saturated rings. The molecule has 0 aromatic carbocycles. The van der Waals surface area contributed by atoms with Crippen LogP contribution in [0.3, 0.4) is 0 Å². The van der Waals surface area contributed by atoms with Crippen molar-refractivity contribution in [1.29, 1.82) is 0 Å². The zero-order valence-corrected chi connectivity index (χ0v) is 11.5. The van der Waals surface area contributed by atoms with Gasteiger partial charge in [-0.05, 0) is 5.28 Å². The molecule has 9 heteroatoms. The molecule has 9 nitrogen and oxygen atoms in total. The van der Waals surface area contributed by atoms with Gasteiger partial charge in [0.1, 0.15) is 37.8 Å². The predicted molar refractivity (Wildman–Crippen MR) is 67.1 cm³/mol. The molecule has 4 rings (SSSR count). The van der Waals surface area contributed by atoms with Gasteiger partial charge in [-0.15, -0.1) is 0 Å². The van der Waals surface area contributed by atoms with Crippen LogP contribution in [0.5, 0.6) is 0 Å². The van der Waals surface area contributed by atoms with E-state index in [0.717, 1.165) is 19.8 Å². The summed E-state index contributed by atoms with van der Waals surface area (Å²) in [5, 5.41) is 1.39. The average molecular weight is 301 g/mol. The van der Waals surface area contributed by atoms with Crippen molar-refractivity contribution in [2.45, 2.75) is 24.5 Å². The molecule has 0 bridgehead atoms. The second-order valence-corrected chi connectivity index (χ2v) is 5.29. The van der Waals surface area contributed by atoms with Crippen molar-refractivity contribution in [2.24, 2.45) is 0 Å². The van der Waals surface area contributed by atoms with Gasteiger partial charge in [0.15, 0.2) is 0 Å². The standard InChI is InChI=1S/C12H19N3O6/c1-11(19-5-8-2-16-8)13-15(21-7-10-4-18-10)14-12(1)20-6-9-3-17-9/h1,8-11,13-14H,2-7H2. The van der Waals surface area contributed by atoms with Crippen molar-refractivity contribution in [3.63, 3.8) is 0 Å². The van der Waals surface area contributed by atoms with Crippen molar-refractivity contribution in [2.75, 3.05) is 39.6 Å². The van der Waals surface area contributed by atoms with Crippen molar-refractivity contribution in [3.8, 4) is 0 Å². The first kappa shape index (κ1) is 13.7. The number of rotatable bonds is 9. The van der Waals surface area contributed by atoms with E-state index in [1.807, 2.05) is 6.08 Å². The fraction of sp³-hybridized carbons (Fsp3) is 0.833. The molecule has 4 aliphatic rings. The van der Waals surface area contributed by atoms with Gasteiger partial charge in [0, 0.05) is 6.08 Å². The van der Waals surface area contributed by atoms with Gasteiger partial charge in [-0.25, -0.2) is 0 Å². The molecule has 0 aromatic rings. The van der Waals surface area contributed by atoms with Crippen LogP contribution in [-0.2, 0) is 28.5 Å². The first-order valence-electron chi connectivity index (χ1n) is 7.12. The van der Waals surface area contributed by atoms with Crippen molar-refractivity contribution in [3.05, 3.63) is 12.0 Å². The Morgan fingerprint density at radius 2 is 1.71 bits per heavy atom. The summed E-state index contributed by atoms with van der Waals surface area (Å²) in [5.41, 5.74) is 6.00. The highest BCUT2D eigenvalue weighted by atomic mass is 16.8. The normalized spacial score (nSPS) is 37.6. The van der Waals surface area contributed by atoms with Crippen molar-refractivity contribution >= 4 is 0 Å². The van der Waals surface area contributed by atoms with Crippen LogP contribution >= 0.6 is 0 Å². The third kappa shape index (κ3) is 4.51. The predicted octanol–water partition coefficient (Wildman–Crippen LogP) is -1.36. The molecule has 4 atom stereocenters. The van der Waals surface area contributed by atoms with E-state index < -0.39 is 0 Å². The number of epoxide rings is 3. The Balaban J connectivity index is 1.28.